The van der Waals surface area contributed by atoms with Crippen LogP contribution in [0.25, 0.3) is 10.9 Å². The van der Waals surface area contributed by atoms with Crippen molar-refractivity contribution >= 4 is 26.8 Å². The van der Waals surface area contributed by atoms with E-state index < -0.39 is 10.0 Å². The van der Waals surface area contributed by atoms with E-state index in [4.69, 9.17) is 4.74 Å². The summed E-state index contributed by atoms with van der Waals surface area (Å²) in [6.07, 6.45) is 3.96. The number of morpholine rings is 1. The first-order valence-electron chi connectivity index (χ1n) is 11.1. The van der Waals surface area contributed by atoms with E-state index in [2.05, 4.69) is 10.2 Å². The van der Waals surface area contributed by atoms with Crippen LogP contribution in [-0.4, -0.2) is 80.6 Å². The summed E-state index contributed by atoms with van der Waals surface area (Å²) in [6, 6.07) is 7.17. The number of aryl methyl sites for hydroxylation is 1. The van der Waals surface area contributed by atoms with Gasteiger partial charge in [0.05, 0.1) is 18.1 Å². The number of hydrogen-bond acceptors (Lipinski definition) is 5. The number of carbonyl (C=O) groups is 1. The van der Waals surface area contributed by atoms with Crippen LogP contribution in [0.5, 0.6) is 0 Å². The first kappa shape index (κ1) is 22.3. The summed E-state index contributed by atoms with van der Waals surface area (Å²) in [6.45, 7) is 5.86. The molecule has 1 aromatic carbocycles. The Hall–Kier alpha value is -1.94. The molecule has 0 bridgehead atoms. The molecule has 3 heterocycles. The fourth-order valence-corrected chi connectivity index (χ4v) is 5.92. The summed E-state index contributed by atoms with van der Waals surface area (Å²) in [5, 5.41) is 3.94. The number of piperidine rings is 1. The Kier molecular flexibility index (Phi) is 6.95. The molecule has 2 saturated heterocycles. The van der Waals surface area contributed by atoms with Crippen molar-refractivity contribution in [1.82, 2.24) is 19.1 Å². The lowest BCUT2D eigenvalue weighted by Crippen LogP contribution is -2.43. The van der Waals surface area contributed by atoms with Gasteiger partial charge in [-0.1, -0.05) is 0 Å². The molecule has 9 heteroatoms. The first-order valence-corrected chi connectivity index (χ1v) is 12.5. The lowest BCUT2D eigenvalue weighted by atomic mass is 9.97. The van der Waals surface area contributed by atoms with E-state index in [9.17, 15) is 13.2 Å². The molecule has 0 atom stereocenters. The second kappa shape index (κ2) is 9.68. The van der Waals surface area contributed by atoms with Crippen LogP contribution in [0, 0.1) is 5.92 Å². The van der Waals surface area contributed by atoms with E-state index >= 15 is 0 Å². The summed E-state index contributed by atoms with van der Waals surface area (Å²) in [5.74, 6) is -0.0730. The quantitative estimate of drug-likeness (QED) is 0.648. The van der Waals surface area contributed by atoms with Gasteiger partial charge in [-0.25, -0.2) is 8.42 Å². The number of rotatable bonds is 7. The topological polar surface area (TPSA) is 83.9 Å². The van der Waals surface area contributed by atoms with Gasteiger partial charge in [0.1, 0.15) is 0 Å². The van der Waals surface area contributed by atoms with E-state index in [1.54, 1.807) is 12.1 Å². The van der Waals surface area contributed by atoms with Crippen molar-refractivity contribution in [1.29, 1.82) is 0 Å². The Balaban J connectivity index is 1.25. The lowest BCUT2D eigenvalue weighted by Gasteiger charge is -2.30. The van der Waals surface area contributed by atoms with Crippen molar-refractivity contribution in [3.63, 3.8) is 0 Å². The van der Waals surface area contributed by atoms with Crippen molar-refractivity contribution in [3.8, 4) is 0 Å². The highest BCUT2D eigenvalue weighted by molar-refractivity contribution is 7.89. The highest BCUT2D eigenvalue weighted by Gasteiger charge is 2.32. The Morgan fingerprint density at radius 3 is 2.61 bits per heavy atom. The number of sulfonamides is 1. The van der Waals surface area contributed by atoms with Crippen LogP contribution in [0.1, 0.15) is 19.3 Å². The number of amides is 1. The van der Waals surface area contributed by atoms with Crippen LogP contribution in [-0.2, 0) is 26.6 Å². The zero-order chi connectivity index (χ0) is 21.8. The number of ether oxygens (including phenoxy) is 1. The van der Waals surface area contributed by atoms with Gasteiger partial charge < -0.3 is 14.6 Å². The molecular formula is C22H32N4O4S. The van der Waals surface area contributed by atoms with Crippen molar-refractivity contribution in [3.05, 3.63) is 30.5 Å². The van der Waals surface area contributed by atoms with E-state index in [0.29, 0.717) is 37.4 Å². The summed E-state index contributed by atoms with van der Waals surface area (Å²) in [5.41, 5.74) is 1.00. The molecule has 4 rings (SSSR count). The van der Waals surface area contributed by atoms with Gasteiger partial charge >= 0.3 is 0 Å². The van der Waals surface area contributed by atoms with Gasteiger partial charge in [-0.05, 0) is 50.1 Å². The summed E-state index contributed by atoms with van der Waals surface area (Å²) in [7, 11) is -1.61. The SMILES string of the molecule is Cn1ccc2cc(S(=O)(=O)N3CCC(C(=O)NCCCN4CCOCC4)CC3)ccc21. The highest BCUT2D eigenvalue weighted by Crippen LogP contribution is 2.26. The molecule has 2 aliphatic heterocycles. The third-order valence-electron chi connectivity index (χ3n) is 6.37. The average molecular weight is 449 g/mol. The molecule has 0 unspecified atom stereocenters. The minimum atomic E-state index is -3.55. The molecule has 8 nitrogen and oxygen atoms in total. The van der Waals surface area contributed by atoms with E-state index in [1.165, 1.54) is 4.31 Å². The van der Waals surface area contributed by atoms with E-state index in [0.717, 1.165) is 50.2 Å². The molecule has 170 valence electrons. The van der Waals surface area contributed by atoms with Gasteiger partial charge in [-0.2, -0.15) is 4.31 Å². The molecule has 2 fully saturated rings. The average Bonchev–Trinajstić information content (AvgIpc) is 3.17. The van der Waals surface area contributed by atoms with Crippen molar-refractivity contribution in [2.24, 2.45) is 13.0 Å². The second-order valence-corrected chi connectivity index (χ2v) is 10.4. The Bertz CT molecular complexity index is 1010. The Morgan fingerprint density at radius 2 is 1.87 bits per heavy atom. The van der Waals surface area contributed by atoms with Crippen LogP contribution in [0.2, 0.25) is 0 Å². The van der Waals surface area contributed by atoms with Crippen molar-refractivity contribution in [2.45, 2.75) is 24.2 Å². The molecule has 1 amide bonds. The molecule has 0 radical (unpaired) electrons. The predicted molar refractivity (Wildman–Crippen MR) is 119 cm³/mol. The van der Waals surface area contributed by atoms with E-state index in [-0.39, 0.29) is 11.8 Å². The smallest absolute Gasteiger partial charge is 0.243 e. The number of aromatic nitrogens is 1. The number of fused-ring (bicyclic) bond motifs is 1. The molecule has 1 aromatic heterocycles. The standard InChI is InChI=1S/C22H32N4O4S/c1-24-10-5-19-17-20(3-4-21(19)24)31(28,29)26-11-6-18(7-12-26)22(27)23-8-2-9-25-13-15-30-16-14-25/h3-5,10,17-18H,2,6-9,11-16H2,1H3,(H,23,27). The summed E-state index contributed by atoms with van der Waals surface area (Å²) < 4.78 is 35.0. The molecule has 0 saturated carbocycles. The van der Waals surface area contributed by atoms with Crippen molar-refractivity contribution in [2.75, 3.05) is 52.5 Å². The minimum Gasteiger partial charge on any atom is -0.379 e. The number of nitrogens with zero attached hydrogens (tertiary/aromatic N) is 3. The van der Waals surface area contributed by atoms with E-state index in [1.807, 2.05) is 29.9 Å². The molecule has 0 aliphatic carbocycles. The summed E-state index contributed by atoms with van der Waals surface area (Å²) in [4.78, 5) is 15.2. The number of carbonyl (C=O) groups excluding carboxylic acids is 1. The number of hydrogen-bond donors (Lipinski definition) is 1. The highest BCUT2D eigenvalue weighted by atomic mass is 32.2. The molecule has 1 N–H and O–H groups in total. The van der Waals surface area contributed by atoms with Crippen LogP contribution in [0.4, 0.5) is 0 Å². The maximum Gasteiger partial charge on any atom is 0.243 e. The molecule has 31 heavy (non-hydrogen) atoms. The van der Waals surface area contributed by atoms with Crippen LogP contribution >= 0.6 is 0 Å². The molecule has 2 aromatic rings. The maximum atomic E-state index is 13.1. The third-order valence-corrected chi connectivity index (χ3v) is 8.27. The van der Waals surface area contributed by atoms with Gasteiger partial charge in [0, 0.05) is 62.8 Å². The first-order chi connectivity index (χ1) is 14.9. The third kappa shape index (κ3) is 5.11. The lowest BCUT2D eigenvalue weighted by molar-refractivity contribution is -0.126. The zero-order valence-corrected chi connectivity index (χ0v) is 18.9. The predicted octanol–water partition coefficient (Wildman–Crippen LogP) is 1.42. The van der Waals surface area contributed by atoms with Crippen LogP contribution in [0.15, 0.2) is 35.4 Å². The van der Waals surface area contributed by atoms with Gasteiger partial charge in [0.2, 0.25) is 15.9 Å². The molecule has 0 spiro atoms. The largest absolute Gasteiger partial charge is 0.379 e. The zero-order valence-electron chi connectivity index (χ0n) is 18.1. The Labute approximate surface area is 184 Å². The van der Waals surface area contributed by atoms with Gasteiger partial charge in [0.15, 0.2) is 0 Å². The minimum absolute atomic E-state index is 0.0460. The van der Waals surface area contributed by atoms with Gasteiger partial charge in [-0.3, -0.25) is 9.69 Å². The maximum absolute atomic E-state index is 13.1. The molecular weight excluding hydrogens is 416 g/mol. The van der Waals surface area contributed by atoms with Crippen LogP contribution in [0.3, 0.4) is 0 Å². The summed E-state index contributed by atoms with van der Waals surface area (Å²) >= 11 is 0. The van der Waals surface area contributed by atoms with Gasteiger partial charge in [0.25, 0.3) is 0 Å². The molecule has 2 aliphatic rings. The van der Waals surface area contributed by atoms with Gasteiger partial charge in [-0.15, -0.1) is 0 Å². The van der Waals surface area contributed by atoms with Crippen LogP contribution < -0.4 is 5.32 Å². The van der Waals surface area contributed by atoms with Crippen molar-refractivity contribution < 1.29 is 17.9 Å². The second-order valence-electron chi connectivity index (χ2n) is 8.42. The normalized spacial score (nSPS) is 19.6. The fourth-order valence-electron chi connectivity index (χ4n) is 4.41. The number of nitrogens with one attached hydrogen (secondary N) is 1. The fraction of sp³-hybridized carbons (Fsp3) is 0.591. The Morgan fingerprint density at radius 1 is 1.13 bits per heavy atom. The monoisotopic (exact) mass is 448 g/mol. The number of benzene rings is 1.